The normalized spacial score (nSPS) is 14.5. The fourth-order valence-corrected chi connectivity index (χ4v) is 1.57. The lowest BCUT2D eigenvalue weighted by Crippen LogP contribution is -2.31. The third-order valence-electron chi connectivity index (χ3n) is 2.81. The van der Waals surface area contributed by atoms with Crippen LogP contribution >= 0.6 is 0 Å². The van der Waals surface area contributed by atoms with Gasteiger partial charge in [-0.2, -0.15) is 5.10 Å². The Bertz CT molecular complexity index is 542. The van der Waals surface area contributed by atoms with Gasteiger partial charge in [0.25, 0.3) is 0 Å². The number of nitrogens with zero attached hydrogens (tertiary/aromatic N) is 3. The Labute approximate surface area is 98.9 Å². The zero-order chi connectivity index (χ0) is 12.4. The quantitative estimate of drug-likeness (QED) is 0.859. The first-order chi connectivity index (χ1) is 8.11. The second-order valence-electron chi connectivity index (χ2n) is 4.04. The molecule has 2 aromatic rings. The summed E-state index contributed by atoms with van der Waals surface area (Å²) in [5.74, 6) is 0. The highest BCUT2D eigenvalue weighted by Crippen LogP contribution is 2.08. The van der Waals surface area contributed by atoms with E-state index in [1.54, 1.807) is 13.8 Å². The number of aliphatic hydroxyl groups excluding tert-OH is 1. The Morgan fingerprint density at radius 1 is 1.24 bits per heavy atom. The highest BCUT2D eigenvalue weighted by Gasteiger charge is 2.16. The van der Waals surface area contributed by atoms with Crippen molar-refractivity contribution in [3.8, 4) is 5.69 Å². The first-order valence-electron chi connectivity index (χ1n) is 5.51. The zero-order valence-electron chi connectivity index (χ0n) is 9.82. The van der Waals surface area contributed by atoms with E-state index in [0.29, 0.717) is 0 Å². The lowest BCUT2D eigenvalue weighted by molar-refractivity contribution is 0.130. The maximum Gasteiger partial charge on any atom is 0.350 e. The molecule has 0 spiro atoms. The molecule has 0 saturated heterocycles. The van der Waals surface area contributed by atoms with Crippen LogP contribution in [0.5, 0.6) is 0 Å². The Morgan fingerprint density at radius 2 is 1.88 bits per heavy atom. The maximum atomic E-state index is 12.1. The molecule has 1 N–H and O–H groups in total. The molecular formula is C12H15N3O2. The molecule has 0 saturated carbocycles. The molecule has 90 valence electrons. The molecule has 5 nitrogen and oxygen atoms in total. The van der Waals surface area contributed by atoms with E-state index >= 15 is 0 Å². The fraction of sp³-hybridized carbons (Fsp3) is 0.333. The van der Waals surface area contributed by atoms with E-state index in [9.17, 15) is 9.90 Å². The van der Waals surface area contributed by atoms with E-state index in [1.165, 1.54) is 15.6 Å². The minimum absolute atomic E-state index is 0.246. The molecule has 0 bridgehead atoms. The van der Waals surface area contributed by atoms with Crippen LogP contribution in [0.3, 0.4) is 0 Å². The summed E-state index contributed by atoms with van der Waals surface area (Å²) in [6.45, 7) is 3.40. The van der Waals surface area contributed by atoms with Crippen molar-refractivity contribution in [2.75, 3.05) is 0 Å². The van der Waals surface area contributed by atoms with Crippen molar-refractivity contribution < 1.29 is 5.11 Å². The van der Waals surface area contributed by atoms with Crippen LogP contribution < -0.4 is 5.69 Å². The van der Waals surface area contributed by atoms with Crippen molar-refractivity contribution in [1.29, 1.82) is 0 Å². The van der Waals surface area contributed by atoms with Gasteiger partial charge in [-0.15, -0.1) is 0 Å². The van der Waals surface area contributed by atoms with Crippen molar-refractivity contribution in [2.24, 2.45) is 0 Å². The van der Waals surface area contributed by atoms with Gasteiger partial charge in [-0.25, -0.2) is 14.0 Å². The van der Waals surface area contributed by atoms with Crippen molar-refractivity contribution in [1.82, 2.24) is 14.3 Å². The molecule has 2 atom stereocenters. The molecule has 0 aliphatic carbocycles. The first-order valence-corrected chi connectivity index (χ1v) is 5.51. The predicted molar refractivity (Wildman–Crippen MR) is 64.2 cm³/mol. The molecule has 0 amide bonds. The molecule has 5 heteroatoms. The highest BCUT2D eigenvalue weighted by molar-refractivity contribution is 5.30. The van der Waals surface area contributed by atoms with Gasteiger partial charge >= 0.3 is 5.69 Å². The van der Waals surface area contributed by atoms with Crippen LogP contribution in [-0.4, -0.2) is 25.6 Å². The Hall–Kier alpha value is -1.88. The summed E-state index contributed by atoms with van der Waals surface area (Å²) in [5.41, 5.74) is 0.520. The second-order valence-corrected chi connectivity index (χ2v) is 4.04. The molecule has 0 fully saturated rings. The Balaban J connectivity index is 2.44. The summed E-state index contributed by atoms with van der Waals surface area (Å²) in [7, 11) is 0. The largest absolute Gasteiger partial charge is 0.391 e. The van der Waals surface area contributed by atoms with Gasteiger partial charge in [0.15, 0.2) is 0 Å². The third-order valence-corrected chi connectivity index (χ3v) is 2.81. The number of benzene rings is 1. The lowest BCUT2D eigenvalue weighted by Gasteiger charge is -2.13. The third kappa shape index (κ3) is 2.14. The zero-order valence-corrected chi connectivity index (χ0v) is 9.82. The minimum Gasteiger partial charge on any atom is -0.391 e. The number of hydrogen-bond acceptors (Lipinski definition) is 3. The van der Waals surface area contributed by atoms with Crippen molar-refractivity contribution >= 4 is 0 Å². The van der Waals surface area contributed by atoms with Crippen LogP contribution in [0.15, 0.2) is 41.5 Å². The number of aromatic nitrogens is 3. The average molecular weight is 233 g/mol. The van der Waals surface area contributed by atoms with Crippen molar-refractivity contribution in [3.63, 3.8) is 0 Å². The molecule has 17 heavy (non-hydrogen) atoms. The molecule has 1 heterocycles. The Kier molecular flexibility index (Phi) is 3.10. The number of aliphatic hydroxyl groups is 1. The van der Waals surface area contributed by atoms with Crippen LogP contribution in [0.2, 0.25) is 0 Å². The lowest BCUT2D eigenvalue weighted by atomic mass is 10.2. The predicted octanol–water partition coefficient (Wildman–Crippen LogP) is 0.976. The average Bonchev–Trinajstić information content (AvgIpc) is 2.71. The fourth-order valence-electron chi connectivity index (χ4n) is 1.57. The van der Waals surface area contributed by atoms with Gasteiger partial charge in [-0.3, -0.25) is 0 Å². The van der Waals surface area contributed by atoms with Crippen LogP contribution in [0.1, 0.15) is 19.9 Å². The monoisotopic (exact) mass is 233 g/mol. The Morgan fingerprint density at radius 3 is 2.47 bits per heavy atom. The smallest absolute Gasteiger partial charge is 0.350 e. The molecule has 0 radical (unpaired) electrons. The molecule has 2 rings (SSSR count). The summed E-state index contributed by atoms with van der Waals surface area (Å²) in [4.78, 5) is 12.1. The maximum absolute atomic E-state index is 12.1. The van der Waals surface area contributed by atoms with E-state index in [2.05, 4.69) is 5.10 Å². The first kappa shape index (κ1) is 11.6. The van der Waals surface area contributed by atoms with Crippen LogP contribution in [-0.2, 0) is 0 Å². The van der Waals surface area contributed by atoms with Crippen LogP contribution in [0, 0.1) is 0 Å². The summed E-state index contributed by atoms with van der Waals surface area (Å²) in [6, 6.07) is 8.93. The van der Waals surface area contributed by atoms with Gasteiger partial charge in [-0.1, -0.05) is 18.2 Å². The van der Waals surface area contributed by atoms with E-state index < -0.39 is 6.10 Å². The minimum atomic E-state index is -0.619. The molecule has 0 aliphatic heterocycles. The van der Waals surface area contributed by atoms with E-state index in [-0.39, 0.29) is 11.7 Å². The van der Waals surface area contributed by atoms with Crippen LogP contribution in [0.25, 0.3) is 5.69 Å². The van der Waals surface area contributed by atoms with E-state index in [1.807, 2.05) is 30.3 Å². The van der Waals surface area contributed by atoms with Gasteiger partial charge in [0.1, 0.15) is 6.33 Å². The van der Waals surface area contributed by atoms with Crippen LogP contribution in [0.4, 0.5) is 0 Å². The van der Waals surface area contributed by atoms with Crippen molar-refractivity contribution in [2.45, 2.75) is 26.0 Å². The number of para-hydroxylation sites is 1. The molecule has 0 aliphatic rings. The van der Waals surface area contributed by atoms with Crippen molar-refractivity contribution in [3.05, 3.63) is 47.1 Å². The molecular weight excluding hydrogens is 218 g/mol. The molecule has 1 aromatic heterocycles. The summed E-state index contributed by atoms with van der Waals surface area (Å²) >= 11 is 0. The molecule has 2 unspecified atom stereocenters. The summed E-state index contributed by atoms with van der Waals surface area (Å²) < 4.78 is 2.75. The van der Waals surface area contributed by atoms with E-state index in [4.69, 9.17) is 0 Å². The van der Waals surface area contributed by atoms with Gasteiger partial charge in [-0.05, 0) is 26.0 Å². The summed E-state index contributed by atoms with van der Waals surface area (Å²) in [5, 5.41) is 13.5. The standard InChI is InChI=1S/C12H15N3O2/c1-9(10(2)16)15-12(17)14(8-13-15)11-6-4-3-5-7-11/h3-10,16H,1-2H3. The van der Waals surface area contributed by atoms with E-state index in [0.717, 1.165) is 5.69 Å². The van der Waals surface area contributed by atoms with Gasteiger partial charge in [0.2, 0.25) is 0 Å². The van der Waals surface area contributed by atoms with Gasteiger partial charge in [0.05, 0.1) is 17.8 Å². The topological polar surface area (TPSA) is 60.0 Å². The number of hydrogen-bond donors (Lipinski definition) is 1. The van der Waals surface area contributed by atoms with Gasteiger partial charge in [0, 0.05) is 0 Å². The summed E-state index contributed by atoms with van der Waals surface area (Å²) in [6.07, 6.45) is 0.850. The van der Waals surface area contributed by atoms with Gasteiger partial charge < -0.3 is 5.11 Å². The second kappa shape index (κ2) is 4.55. The number of rotatable bonds is 3. The molecule has 1 aromatic carbocycles. The highest BCUT2D eigenvalue weighted by atomic mass is 16.3. The SMILES string of the molecule is CC(O)C(C)n1ncn(-c2ccccc2)c1=O.